The zero-order chi connectivity index (χ0) is 28.5. The highest BCUT2D eigenvalue weighted by Gasteiger charge is 2.54. The highest BCUT2D eigenvalue weighted by molar-refractivity contribution is 5.94. The monoisotopic (exact) mass is 561 g/mol. The van der Waals surface area contributed by atoms with Crippen LogP contribution in [0.15, 0.2) is 30.3 Å². The Morgan fingerprint density at radius 1 is 1.20 bits per heavy atom. The maximum atomic E-state index is 13.4. The van der Waals surface area contributed by atoms with Crippen LogP contribution in [0.3, 0.4) is 0 Å². The van der Waals surface area contributed by atoms with Gasteiger partial charge in [0.25, 0.3) is 0 Å². The van der Waals surface area contributed by atoms with Crippen molar-refractivity contribution in [3.05, 3.63) is 52.7 Å². The van der Waals surface area contributed by atoms with Crippen LogP contribution in [0, 0.1) is 5.92 Å². The Morgan fingerprint density at radius 3 is 2.65 bits per heavy atom. The van der Waals surface area contributed by atoms with Crippen LogP contribution in [-0.4, -0.2) is 52.6 Å². The number of anilines is 1. The zero-order valence-corrected chi connectivity index (χ0v) is 22.1. The first kappa shape index (κ1) is 28.2. The summed E-state index contributed by atoms with van der Waals surface area (Å²) >= 11 is 0. The number of benzene rings is 1. The number of nitrogens with one attached hydrogen (secondary N) is 2. The van der Waals surface area contributed by atoms with Gasteiger partial charge >= 0.3 is 12.3 Å². The van der Waals surface area contributed by atoms with E-state index >= 15 is 0 Å². The van der Waals surface area contributed by atoms with Crippen LogP contribution in [0.25, 0.3) is 0 Å². The molecule has 11 heteroatoms. The van der Waals surface area contributed by atoms with Crippen LogP contribution in [0.1, 0.15) is 73.2 Å². The van der Waals surface area contributed by atoms with Crippen LogP contribution < -0.4 is 15.4 Å². The van der Waals surface area contributed by atoms with Crippen molar-refractivity contribution in [1.82, 2.24) is 10.3 Å². The van der Waals surface area contributed by atoms with E-state index in [1.165, 1.54) is 17.7 Å². The molecule has 40 heavy (non-hydrogen) atoms. The summed E-state index contributed by atoms with van der Waals surface area (Å²) in [6.07, 6.45) is 0.771. The van der Waals surface area contributed by atoms with Gasteiger partial charge < -0.3 is 25.6 Å². The summed E-state index contributed by atoms with van der Waals surface area (Å²) in [7, 11) is 0. The Labute approximate surface area is 230 Å². The Balaban J connectivity index is 1.32. The molecule has 1 aliphatic heterocycles. The highest BCUT2D eigenvalue weighted by Crippen LogP contribution is 2.56. The molecule has 0 saturated heterocycles. The molecule has 1 atom stereocenters. The molecule has 2 aromatic rings. The molecule has 216 valence electrons. The molecular weight excluding hydrogens is 527 g/mol. The fourth-order valence-corrected chi connectivity index (χ4v) is 6.09. The number of hydrogen-bond donors (Lipinski definition) is 4. The summed E-state index contributed by atoms with van der Waals surface area (Å²) in [6, 6.07) is 7.26. The van der Waals surface area contributed by atoms with Gasteiger partial charge in [0.05, 0.1) is 5.41 Å². The van der Waals surface area contributed by atoms with Crippen LogP contribution in [0.4, 0.5) is 19.0 Å². The van der Waals surface area contributed by atoms with Gasteiger partial charge in [-0.1, -0.05) is 18.2 Å². The molecule has 2 fully saturated rings. The van der Waals surface area contributed by atoms with Crippen molar-refractivity contribution in [3.8, 4) is 5.75 Å². The van der Waals surface area contributed by atoms with Gasteiger partial charge in [-0.2, -0.15) is 0 Å². The molecule has 8 nitrogen and oxygen atoms in total. The molecule has 5 rings (SSSR count). The van der Waals surface area contributed by atoms with Crippen LogP contribution >= 0.6 is 0 Å². The number of ether oxygens (including phenoxy) is 1. The Bertz CT molecular complexity index is 1260. The number of aliphatic carboxylic acids is 1. The predicted octanol–water partition coefficient (Wildman–Crippen LogP) is 4.45. The minimum Gasteiger partial charge on any atom is -0.480 e. The summed E-state index contributed by atoms with van der Waals surface area (Å²) in [5, 5.41) is 24.4. The maximum absolute atomic E-state index is 13.4. The molecule has 2 aliphatic carbocycles. The minimum atomic E-state index is -4.89. The number of carboxylic acids is 1. The minimum absolute atomic E-state index is 0.166. The number of carbonyl (C=O) groups excluding carboxylic acids is 1. The average Bonchev–Trinajstić information content (AvgIpc) is 3.69. The first-order valence-corrected chi connectivity index (χ1v) is 13.9. The van der Waals surface area contributed by atoms with Crippen LogP contribution in [0.5, 0.6) is 5.75 Å². The molecule has 4 N–H and O–H groups in total. The number of pyridine rings is 1. The number of halogens is 3. The molecular formula is C29H34F3N3O5. The lowest BCUT2D eigenvalue weighted by Gasteiger charge is -2.38. The smallest absolute Gasteiger partial charge is 0.480 e. The SMILES string of the molecule is O=C(O)C(CCO)NC(=O)C1(c2cccc(OC(F)(F)F)c2C2CC(CCc3ccc4c(n3)NCCC4)C2)CC1. The normalized spacial score (nSPS) is 21.8. The Morgan fingerprint density at radius 2 is 1.98 bits per heavy atom. The lowest BCUT2D eigenvalue weighted by Crippen LogP contribution is -2.46. The fraction of sp³-hybridized carbons (Fsp3) is 0.552. The van der Waals surface area contributed by atoms with Crippen molar-refractivity contribution in [3.63, 3.8) is 0 Å². The number of amides is 1. The van der Waals surface area contributed by atoms with E-state index in [1.54, 1.807) is 6.07 Å². The van der Waals surface area contributed by atoms with Crippen molar-refractivity contribution in [2.75, 3.05) is 18.5 Å². The summed E-state index contributed by atoms with van der Waals surface area (Å²) in [4.78, 5) is 29.6. The molecule has 0 spiro atoms. The van der Waals surface area contributed by atoms with Crippen LogP contribution in [-0.2, 0) is 27.8 Å². The summed E-state index contributed by atoms with van der Waals surface area (Å²) in [6.45, 7) is 0.485. The van der Waals surface area contributed by atoms with Crippen molar-refractivity contribution < 1.29 is 37.7 Å². The van der Waals surface area contributed by atoms with E-state index in [0.29, 0.717) is 42.7 Å². The number of hydrogen-bond acceptors (Lipinski definition) is 6. The molecule has 1 amide bonds. The number of aliphatic hydroxyl groups excluding tert-OH is 1. The molecule has 0 bridgehead atoms. The quantitative estimate of drug-likeness (QED) is 0.320. The first-order chi connectivity index (χ1) is 19.1. The molecule has 1 aromatic heterocycles. The summed E-state index contributed by atoms with van der Waals surface area (Å²) in [5.74, 6) is -1.11. The lowest BCUT2D eigenvalue weighted by molar-refractivity contribution is -0.275. The second-order valence-corrected chi connectivity index (χ2v) is 11.1. The molecule has 1 unspecified atom stereocenters. The van der Waals surface area contributed by atoms with E-state index in [2.05, 4.69) is 21.4 Å². The van der Waals surface area contributed by atoms with Gasteiger partial charge in [-0.25, -0.2) is 9.78 Å². The largest absolute Gasteiger partial charge is 0.573 e. The number of nitrogens with zero attached hydrogens (tertiary/aromatic N) is 1. The number of alkyl halides is 3. The summed E-state index contributed by atoms with van der Waals surface area (Å²) in [5.41, 5.74) is 1.94. The van der Waals surface area contributed by atoms with Crippen molar-refractivity contribution >= 4 is 17.7 Å². The van der Waals surface area contributed by atoms with Gasteiger partial charge in [0.1, 0.15) is 17.6 Å². The van der Waals surface area contributed by atoms with Crippen molar-refractivity contribution in [2.45, 2.75) is 81.5 Å². The number of fused-ring (bicyclic) bond motifs is 1. The number of carbonyl (C=O) groups is 2. The first-order valence-electron chi connectivity index (χ1n) is 13.9. The van der Waals surface area contributed by atoms with Crippen LogP contribution in [0.2, 0.25) is 0 Å². The zero-order valence-electron chi connectivity index (χ0n) is 22.1. The van der Waals surface area contributed by atoms with E-state index in [0.717, 1.165) is 43.7 Å². The Kier molecular flexibility index (Phi) is 7.94. The van der Waals surface area contributed by atoms with E-state index in [4.69, 9.17) is 4.98 Å². The number of aliphatic hydroxyl groups is 1. The van der Waals surface area contributed by atoms with E-state index < -0.39 is 36.3 Å². The standard InChI is InChI=1S/C29H34F3N3O5/c30-29(31,32)40-23-5-1-4-21(28(11-12-28)27(39)35-22(10-14-36)26(37)38)24(23)19-15-17(16-19)6-8-20-9-7-18-3-2-13-33-25(18)34-20/h1,4-5,7,9,17,19,22,36H,2-3,6,8,10-16H2,(H,33,34)(H,35,39)(H,37,38). The molecule has 0 radical (unpaired) electrons. The number of rotatable bonds is 11. The van der Waals surface area contributed by atoms with Gasteiger partial charge in [0, 0.05) is 30.8 Å². The number of carboxylic acid groups (broad SMARTS) is 1. The van der Waals surface area contributed by atoms with Gasteiger partial charge in [-0.3, -0.25) is 4.79 Å². The fourth-order valence-electron chi connectivity index (χ4n) is 6.09. The van der Waals surface area contributed by atoms with Crippen molar-refractivity contribution in [2.24, 2.45) is 5.92 Å². The third-order valence-corrected chi connectivity index (χ3v) is 8.42. The lowest BCUT2D eigenvalue weighted by atomic mass is 9.67. The second-order valence-electron chi connectivity index (χ2n) is 11.1. The van der Waals surface area contributed by atoms with Gasteiger partial charge in [-0.05, 0) is 86.5 Å². The second kappa shape index (κ2) is 11.3. The molecule has 1 aromatic carbocycles. The summed E-state index contributed by atoms with van der Waals surface area (Å²) < 4.78 is 44.5. The van der Waals surface area contributed by atoms with E-state index in [9.17, 15) is 33.0 Å². The predicted molar refractivity (Wildman–Crippen MR) is 140 cm³/mol. The number of aryl methyl sites for hydroxylation is 2. The van der Waals surface area contributed by atoms with Crippen molar-refractivity contribution in [1.29, 1.82) is 0 Å². The van der Waals surface area contributed by atoms with Gasteiger partial charge in [0.2, 0.25) is 5.91 Å². The Hall–Kier alpha value is -3.34. The average molecular weight is 562 g/mol. The maximum Gasteiger partial charge on any atom is 0.573 e. The van der Waals surface area contributed by atoms with E-state index in [-0.39, 0.29) is 18.1 Å². The molecule has 2 saturated carbocycles. The topological polar surface area (TPSA) is 121 Å². The van der Waals surface area contributed by atoms with Gasteiger partial charge in [-0.15, -0.1) is 13.2 Å². The van der Waals surface area contributed by atoms with E-state index in [1.807, 2.05) is 6.07 Å². The number of aromatic nitrogens is 1. The molecule has 2 heterocycles. The third kappa shape index (κ3) is 6.04. The van der Waals surface area contributed by atoms with Gasteiger partial charge in [0.15, 0.2) is 0 Å². The third-order valence-electron chi connectivity index (χ3n) is 8.42. The highest BCUT2D eigenvalue weighted by atomic mass is 19.4. The molecule has 3 aliphatic rings.